The number of carbonyl (C=O) groups is 7. The maximum Gasteiger partial charge on any atom is 0.248 e. The summed E-state index contributed by atoms with van der Waals surface area (Å²) in [5.74, 6) is -7.25. The van der Waals surface area contributed by atoms with Crippen molar-refractivity contribution in [2.24, 2.45) is 23.5 Å². The number of likely N-dealkylation sites (tertiary alicyclic amines) is 1. The van der Waals surface area contributed by atoms with E-state index in [4.69, 9.17) is 10.5 Å². The van der Waals surface area contributed by atoms with Gasteiger partial charge in [0, 0.05) is 38.3 Å². The molecule has 1 aromatic rings. The van der Waals surface area contributed by atoms with Crippen molar-refractivity contribution in [3.05, 3.63) is 29.8 Å². The van der Waals surface area contributed by atoms with E-state index in [1.807, 2.05) is 14.1 Å². The Balaban J connectivity index is 1.53. The molecule has 464 valence electrons. The Bertz CT molecular complexity index is 2280. The predicted octanol–water partition coefficient (Wildman–Crippen LogP) is -1.75. The molecule has 4 fully saturated rings. The summed E-state index contributed by atoms with van der Waals surface area (Å²) in [4.78, 5) is 104. The van der Waals surface area contributed by atoms with Gasteiger partial charge in [0.15, 0.2) is 6.23 Å². The van der Waals surface area contributed by atoms with Crippen LogP contribution in [0.4, 0.5) is 0 Å². The zero-order valence-electron chi connectivity index (χ0n) is 48.9. The van der Waals surface area contributed by atoms with Gasteiger partial charge in [0.2, 0.25) is 41.4 Å². The number of phenolic OH excluding ortho intramolecular Hbond substituents is 1. The minimum atomic E-state index is -2.28. The third kappa shape index (κ3) is 18.2. The number of unbranched alkanes of at least 4 members (excludes halogenated alkanes) is 5. The van der Waals surface area contributed by atoms with Crippen LogP contribution in [0, 0.1) is 17.8 Å². The number of nitrogens with zero attached hydrogens (tertiary/aromatic N) is 3. The van der Waals surface area contributed by atoms with Crippen LogP contribution >= 0.6 is 0 Å². The van der Waals surface area contributed by atoms with Crippen molar-refractivity contribution in [1.29, 1.82) is 0 Å². The molecule has 4 aliphatic heterocycles. The zero-order chi connectivity index (χ0) is 60.7. The van der Waals surface area contributed by atoms with Crippen LogP contribution in [-0.4, -0.2) is 229 Å². The van der Waals surface area contributed by atoms with Crippen LogP contribution in [-0.2, 0) is 38.3 Å². The number of fused-ring (bicyclic) bond motifs is 2. The van der Waals surface area contributed by atoms with Gasteiger partial charge in [0.25, 0.3) is 0 Å². The fourth-order valence-electron chi connectivity index (χ4n) is 11.5. The van der Waals surface area contributed by atoms with Gasteiger partial charge >= 0.3 is 0 Å². The Labute approximate surface area is 481 Å². The second kappa shape index (κ2) is 31.2. The van der Waals surface area contributed by atoms with E-state index in [1.54, 1.807) is 0 Å². The average molecular weight is 1160 g/mol. The van der Waals surface area contributed by atoms with Crippen molar-refractivity contribution in [3.63, 3.8) is 0 Å². The first-order valence-corrected chi connectivity index (χ1v) is 29.5. The highest BCUT2D eigenvalue weighted by atomic mass is 16.5. The number of hydrogen-bond acceptors (Lipinski definition) is 17. The fraction of sp³-hybridized carbons (Fsp3) is 0.772. The number of likely N-dealkylation sites (N-methyl/N-ethyl adjacent to an activating group) is 1. The highest BCUT2D eigenvalue weighted by molar-refractivity contribution is 5.98. The monoisotopic (exact) mass is 1160 g/mol. The number of hydrogen-bond donors (Lipinski definition) is 14. The summed E-state index contributed by atoms with van der Waals surface area (Å²) >= 11 is 0. The number of ether oxygens (including phenoxy) is 1. The van der Waals surface area contributed by atoms with E-state index in [1.165, 1.54) is 44.5 Å². The summed E-state index contributed by atoms with van der Waals surface area (Å²) in [6.45, 7) is 9.11. The topological polar surface area (TPSA) is 383 Å². The predicted molar refractivity (Wildman–Crippen MR) is 299 cm³/mol. The second-order valence-corrected chi connectivity index (χ2v) is 24.3. The third-order valence-corrected chi connectivity index (χ3v) is 17.2. The van der Waals surface area contributed by atoms with Gasteiger partial charge in [0.1, 0.15) is 73.0 Å². The minimum Gasteiger partial charge on any atom is -0.508 e. The number of nitrogens with two attached hydrogens (primary N) is 1. The van der Waals surface area contributed by atoms with Gasteiger partial charge in [-0.3, -0.25) is 33.6 Å². The van der Waals surface area contributed by atoms with Crippen molar-refractivity contribution >= 4 is 41.4 Å². The molecule has 0 bridgehead atoms. The third-order valence-electron chi connectivity index (χ3n) is 17.2. The summed E-state index contributed by atoms with van der Waals surface area (Å²) in [6, 6.07) is -6.59. The van der Waals surface area contributed by atoms with E-state index in [9.17, 15) is 74.4 Å². The number of nitrogens with one attached hydrogen (secondary N) is 5. The Morgan fingerprint density at radius 3 is 2.00 bits per heavy atom. The molecule has 5 rings (SSSR count). The fourth-order valence-corrected chi connectivity index (χ4v) is 11.5. The molecule has 25 heteroatoms. The quantitative estimate of drug-likeness (QED) is 0.0427. The van der Waals surface area contributed by atoms with Crippen molar-refractivity contribution in [2.75, 3.05) is 46.9 Å². The van der Waals surface area contributed by atoms with Gasteiger partial charge < -0.3 is 92.2 Å². The highest BCUT2D eigenvalue weighted by Gasteiger charge is 2.51. The average Bonchev–Trinajstić information content (AvgIpc) is 4.08. The molecule has 0 spiro atoms. The molecular formula is C57H96N9O16+. The molecule has 15 N–H and O–H groups in total. The number of phenols is 1. The Morgan fingerprint density at radius 1 is 0.768 bits per heavy atom. The van der Waals surface area contributed by atoms with Crippen LogP contribution in [0.15, 0.2) is 24.3 Å². The molecular weight excluding hydrogens is 1070 g/mol. The number of aliphatic hydroxyl groups is 7. The lowest BCUT2D eigenvalue weighted by Crippen LogP contribution is -2.65. The summed E-state index contributed by atoms with van der Waals surface area (Å²) in [6.07, 6.45) is -6.44. The number of quaternary nitrogens is 1. The Morgan fingerprint density at radius 2 is 1.39 bits per heavy atom. The molecule has 25 nitrogen and oxygen atoms in total. The summed E-state index contributed by atoms with van der Waals surface area (Å²) in [5.41, 5.74) is 5.76. The zero-order valence-corrected chi connectivity index (χ0v) is 48.9. The number of aromatic hydroxyl groups is 1. The molecule has 4 heterocycles. The van der Waals surface area contributed by atoms with Gasteiger partial charge in [-0.25, -0.2) is 0 Å². The highest BCUT2D eigenvalue weighted by Crippen LogP contribution is 2.29. The van der Waals surface area contributed by atoms with E-state index in [-0.39, 0.29) is 49.9 Å². The summed E-state index contributed by atoms with van der Waals surface area (Å²) in [7, 11) is 3.92. The normalized spacial score (nSPS) is 30.9. The summed E-state index contributed by atoms with van der Waals surface area (Å²) < 4.78 is 6.77. The molecule has 0 radical (unpaired) electrons. The number of rotatable bonds is 23. The van der Waals surface area contributed by atoms with Crippen LogP contribution in [0.3, 0.4) is 0 Å². The molecule has 82 heavy (non-hydrogen) atoms. The van der Waals surface area contributed by atoms with Crippen LogP contribution in [0.2, 0.25) is 0 Å². The van der Waals surface area contributed by atoms with Crippen LogP contribution in [0.25, 0.3) is 0 Å². The number of carbonyl (C=O) groups excluding carboxylic acids is 7. The lowest BCUT2D eigenvalue weighted by molar-refractivity contribution is -0.955. The first kappa shape index (κ1) is 67.7. The second-order valence-electron chi connectivity index (χ2n) is 24.3. The van der Waals surface area contributed by atoms with Crippen molar-refractivity contribution in [1.82, 2.24) is 36.4 Å². The standard InChI is InChI=1S/C57H95N9O16/c1-8-31(2)25-32(3)15-13-11-9-10-12-14-16-43(72)59-39-27-42(71)55(82-30-36-22-24-66(36,6)7)63-54(79)47-48(73)33(4)28-65(47)57(81)45(41(70)21-23-58)61-53(78)46(50(75)49(74)35-17-19-37(68)20-18-35)62-52(77)40-26-38(69)29-64(40)56(80)44(34(5)67)60-51(39)76/h17-20,31-34,36,38-42,44-50,55,67,69-71,73-75H,8-16,21-30,58H2,1-7H3,(H5-,59,60,61,62,63,68,72,76,77,78,79)/p+1/t31-,32+,33-,34+,36+,38+,39-,40-,41+,42+,44-,45-,46-,47-,48-,49-,50-,55+/m0/s1. The number of amides is 7. The number of aliphatic hydroxyl groups excluding tert-OH is 7. The molecule has 0 aliphatic carbocycles. The lowest BCUT2D eigenvalue weighted by atomic mass is 9.91. The minimum absolute atomic E-state index is 0.0278. The first-order valence-electron chi connectivity index (χ1n) is 29.5. The van der Waals surface area contributed by atoms with Crippen LogP contribution in [0.5, 0.6) is 5.75 Å². The molecule has 4 aliphatic rings. The van der Waals surface area contributed by atoms with Crippen LogP contribution < -0.4 is 32.3 Å². The van der Waals surface area contributed by atoms with E-state index in [2.05, 4.69) is 47.4 Å². The van der Waals surface area contributed by atoms with E-state index in [0.717, 1.165) is 54.9 Å². The van der Waals surface area contributed by atoms with Crippen molar-refractivity contribution < 1.29 is 83.6 Å². The SMILES string of the molecule is CC[C@H](C)C[C@H](C)CCCCCCCCC(=O)N[C@H]1C[C@@H](O)[C@@H](OC[C@H]2CC[N+]2(C)C)NC(=O)[C@@H]2[C@@H](O)[C@@H](C)CN2C(=O)[C@H]([C@H](O)CCN)NC(=O)[C@H]([C@H](O)[C@@H](O)c2ccc(O)cc2)NC(=O)[C@@H]2C[C@@H](O)CN2C(=O)[C@H]([C@@H](C)O)NC1=O. The van der Waals surface area contributed by atoms with E-state index < -0.39 is 152 Å². The summed E-state index contributed by atoms with van der Waals surface area (Å²) in [5, 5.41) is 103. The van der Waals surface area contributed by atoms with Crippen molar-refractivity contribution in [3.8, 4) is 5.75 Å². The Kier molecular flexibility index (Phi) is 25.7. The lowest BCUT2D eigenvalue weighted by Gasteiger charge is -2.47. The molecule has 0 saturated carbocycles. The first-order chi connectivity index (χ1) is 38.7. The van der Waals surface area contributed by atoms with E-state index in [0.29, 0.717) is 35.6 Å². The Hall–Kier alpha value is -5.09. The molecule has 0 unspecified atom stereocenters. The van der Waals surface area contributed by atoms with Crippen molar-refractivity contribution in [2.45, 2.75) is 216 Å². The largest absolute Gasteiger partial charge is 0.508 e. The van der Waals surface area contributed by atoms with Gasteiger partial charge in [-0.05, 0) is 62.3 Å². The van der Waals surface area contributed by atoms with Gasteiger partial charge in [0.05, 0.1) is 51.5 Å². The smallest absolute Gasteiger partial charge is 0.248 e. The van der Waals surface area contributed by atoms with Gasteiger partial charge in [-0.2, -0.15) is 0 Å². The maximum atomic E-state index is 14.9. The van der Waals surface area contributed by atoms with Gasteiger partial charge in [-0.1, -0.05) is 84.8 Å². The molecule has 7 amide bonds. The molecule has 0 aromatic heterocycles. The van der Waals surface area contributed by atoms with Gasteiger partial charge in [-0.15, -0.1) is 0 Å². The number of benzene rings is 1. The molecule has 1 aromatic carbocycles. The molecule has 18 atom stereocenters. The van der Waals surface area contributed by atoms with E-state index >= 15 is 0 Å². The maximum absolute atomic E-state index is 14.9. The molecule has 4 saturated heterocycles. The van der Waals surface area contributed by atoms with Crippen LogP contribution in [0.1, 0.15) is 136 Å².